The largest absolute Gasteiger partial charge is 0.497 e. The van der Waals surface area contributed by atoms with E-state index in [1.165, 1.54) is 22.9 Å². The molecule has 7 heteroatoms. The van der Waals surface area contributed by atoms with Gasteiger partial charge in [-0.05, 0) is 65.3 Å². The zero-order valence-corrected chi connectivity index (χ0v) is 23.8. The van der Waals surface area contributed by atoms with Gasteiger partial charge in [0.2, 0.25) is 5.91 Å². The zero-order chi connectivity index (χ0) is 27.3. The Hall–Kier alpha value is -3.58. The highest BCUT2D eigenvalue weighted by molar-refractivity contribution is 7.99. The van der Waals surface area contributed by atoms with Crippen molar-refractivity contribution in [3.63, 3.8) is 0 Å². The monoisotopic (exact) mass is 528 g/mol. The number of ether oxygens (including phenoxy) is 1. The summed E-state index contributed by atoms with van der Waals surface area (Å²) in [5, 5.41) is 12.6. The van der Waals surface area contributed by atoms with Gasteiger partial charge in [0.1, 0.15) is 5.75 Å². The Morgan fingerprint density at radius 3 is 2.21 bits per heavy atom. The fraction of sp³-hybridized carbons (Fsp3) is 0.323. The predicted octanol–water partition coefficient (Wildman–Crippen LogP) is 7.48. The number of benzene rings is 3. The number of amides is 1. The standard InChI is InChI=1S/C31H36N4O2S/c1-7-21(2)22-10-14-25(15-11-22)32-28(36)20-38-30-34-33-29(23-8-12-24(13-9-23)31(3,4)5)35(30)26-16-18-27(37-6)19-17-26/h8-19,21H,7,20H2,1-6H3,(H,32,36)/t21-/m0/s1. The van der Waals surface area contributed by atoms with Crippen molar-refractivity contribution >= 4 is 23.4 Å². The van der Waals surface area contributed by atoms with Crippen LogP contribution in [-0.4, -0.2) is 33.5 Å². The summed E-state index contributed by atoms with van der Waals surface area (Å²) in [6.07, 6.45) is 1.08. The first-order chi connectivity index (χ1) is 18.2. The van der Waals surface area contributed by atoms with Crippen molar-refractivity contribution in [3.8, 4) is 22.8 Å². The molecular weight excluding hydrogens is 492 g/mol. The highest BCUT2D eigenvalue weighted by atomic mass is 32.2. The molecule has 3 aromatic carbocycles. The lowest BCUT2D eigenvalue weighted by atomic mass is 9.87. The van der Waals surface area contributed by atoms with Gasteiger partial charge in [0.15, 0.2) is 11.0 Å². The lowest BCUT2D eigenvalue weighted by Crippen LogP contribution is -2.14. The summed E-state index contributed by atoms with van der Waals surface area (Å²) in [5.41, 5.74) is 5.23. The summed E-state index contributed by atoms with van der Waals surface area (Å²) in [7, 11) is 1.65. The molecule has 6 nitrogen and oxygen atoms in total. The molecule has 1 N–H and O–H groups in total. The second-order valence-electron chi connectivity index (χ2n) is 10.4. The van der Waals surface area contributed by atoms with Crippen LogP contribution in [0.3, 0.4) is 0 Å². The minimum atomic E-state index is -0.0911. The number of carbonyl (C=O) groups is 1. The van der Waals surface area contributed by atoms with Crippen molar-refractivity contribution in [1.29, 1.82) is 0 Å². The van der Waals surface area contributed by atoms with Crippen LogP contribution in [0.4, 0.5) is 5.69 Å². The minimum Gasteiger partial charge on any atom is -0.497 e. The average molecular weight is 529 g/mol. The molecule has 1 atom stereocenters. The number of methoxy groups -OCH3 is 1. The van der Waals surface area contributed by atoms with E-state index in [0.29, 0.717) is 11.1 Å². The number of carbonyl (C=O) groups excluding carboxylic acids is 1. The molecule has 0 aliphatic rings. The number of thioether (sulfide) groups is 1. The van der Waals surface area contributed by atoms with Gasteiger partial charge in [0.25, 0.3) is 0 Å². The highest BCUT2D eigenvalue weighted by Gasteiger charge is 2.19. The Bertz CT molecular complexity index is 1360. The Morgan fingerprint density at radius 1 is 0.974 bits per heavy atom. The highest BCUT2D eigenvalue weighted by Crippen LogP contribution is 2.31. The van der Waals surface area contributed by atoms with Crippen LogP contribution >= 0.6 is 11.8 Å². The molecule has 0 radical (unpaired) electrons. The van der Waals surface area contributed by atoms with Crippen LogP contribution in [0.15, 0.2) is 78.0 Å². The number of hydrogen-bond acceptors (Lipinski definition) is 5. The Balaban J connectivity index is 1.56. The van der Waals surface area contributed by atoms with Gasteiger partial charge < -0.3 is 10.1 Å². The number of nitrogens with one attached hydrogen (secondary N) is 1. The second kappa shape index (κ2) is 11.9. The second-order valence-corrected chi connectivity index (χ2v) is 11.4. The molecule has 0 saturated carbocycles. The third-order valence-corrected chi connectivity index (χ3v) is 7.61. The van der Waals surface area contributed by atoms with Crippen LogP contribution in [0.25, 0.3) is 17.1 Å². The molecule has 0 saturated heterocycles. The van der Waals surface area contributed by atoms with E-state index in [-0.39, 0.29) is 17.1 Å². The van der Waals surface area contributed by atoms with Crippen molar-refractivity contribution in [1.82, 2.24) is 14.8 Å². The predicted molar refractivity (Wildman–Crippen MR) is 157 cm³/mol. The van der Waals surface area contributed by atoms with E-state index in [1.54, 1.807) is 7.11 Å². The molecule has 0 unspecified atom stereocenters. The van der Waals surface area contributed by atoms with Gasteiger partial charge in [-0.25, -0.2) is 0 Å². The van der Waals surface area contributed by atoms with E-state index in [4.69, 9.17) is 4.74 Å². The average Bonchev–Trinajstić information content (AvgIpc) is 3.35. The number of anilines is 1. The third-order valence-electron chi connectivity index (χ3n) is 6.68. The minimum absolute atomic E-state index is 0.0606. The first kappa shape index (κ1) is 27.5. The molecule has 0 aliphatic carbocycles. The van der Waals surface area contributed by atoms with Crippen molar-refractivity contribution in [3.05, 3.63) is 83.9 Å². The van der Waals surface area contributed by atoms with E-state index in [0.717, 1.165) is 34.9 Å². The maximum atomic E-state index is 12.8. The quantitative estimate of drug-likeness (QED) is 0.228. The van der Waals surface area contributed by atoms with Crippen LogP contribution < -0.4 is 10.1 Å². The summed E-state index contributed by atoms with van der Waals surface area (Å²) in [4.78, 5) is 12.8. The fourth-order valence-electron chi connectivity index (χ4n) is 4.09. The first-order valence-corrected chi connectivity index (χ1v) is 13.9. The molecule has 1 heterocycles. The van der Waals surface area contributed by atoms with Gasteiger partial charge in [-0.1, -0.05) is 82.8 Å². The number of hydrogen-bond donors (Lipinski definition) is 1. The molecule has 0 spiro atoms. The van der Waals surface area contributed by atoms with Crippen LogP contribution in [0.2, 0.25) is 0 Å². The zero-order valence-electron chi connectivity index (χ0n) is 23.0. The summed E-state index contributed by atoms with van der Waals surface area (Å²) in [5.74, 6) is 2.11. The SMILES string of the molecule is CC[C@H](C)c1ccc(NC(=O)CSc2nnc(-c3ccc(C(C)(C)C)cc3)n2-c2ccc(OC)cc2)cc1. The molecule has 0 aliphatic heterocycles. The van der Waals surface area contributed by atoms with Crippen LogP contribution in [0.5, 0.6) is 5.75 Å². The Morgan fingerprint density at radius 2 is 1.63 bits per heavy atom. The maximum absolute atomic E-state index is 12.8. The van der Waals surface area contributed by atoms with Gasteiger partial charge in [-0.15, -0.1) is 10.2 Å². The van der Waals surface area contributed by atoms with Gasteiger partial charge in [0.05, 0.1) is 12.9 Å². The number of aromatic nitrogens is 3. The topological polar surface area (TPSA) is 69.0 Å². The molecule has 0 bridgehead atoms. The van der Waals surface area contributed by atoms with Crippen molar-refractivity contribution in [2.24, 2.45) is 0 Å². The van der Waals surface area contributed by atoms with Gasteiger partial charge in [-0.2, -0.15) is 0 Å². The van der Waals surface area contributed by atoms with Gasteiger partial charge >= 0.3 is 0 Å². The molecule has 4 aromatic rings. The lowest BCUT2D eigenvalue weighted by molar-refractivity contribution is -0.113. The van der Waals surface area contributed by atoms with E-state index < -0.39 is 0 Å². The van der Waals surface area contributed by atoms with Gasteiger partial charge in [-0.3, -0.25) is 9.36 Å². The summed E-state index contributed by atoms with van der Waals surface area (Å²) in [6.45, 7) is 11.0. The summed E-state index contributed by atoms with van der Waals surface area (Å²) in [6, 6.07) is 24.3. The Labute approximate surface area is 229 Å². The number of rotatable bonds is 9. The van der Waals surface area contributed by atoms with Crippen molar-refractivity contribution < 1.29 is 9.53 Å². The molecule has 1 amide bonds. The summed E-state index contributed by atoms with van der Waals surface area (Å²) >= 11 is 1.36. The normalized spacial score (nSPS) is 12.3. The fourth-order valence-corrected chi connectivity index (χ4v) is 4.84. The molecular formula is C31H36N4O2S. The van der Waals surface area contributed by atoms with E-state index in [2.05, 4.69) is 86.5 Å². The lowest BCUT2D eigenvalue weighted by Gasteiger charge is -2.19. The van der Waals surface area contributed by atoms with Crippen molar-refractivity contribution in [2.75, 3.05) is 18.2 Å². The molecule has 0 fully saturated rings. The Kier molecular flexibility index (Phi) is 8.57. The van der Waals surface area contributed by atoms with Crippen LogP contribution in [0.1, 0.15) is 58.1 Å². The van der Waals surface area contributed by atoms with E-state index >= 15 is 0 Å². The molecule has 4 rings (SSSR count). The molecule has 38 heavy (non-hydrogen) atoms. The maximum Gasteiger partial charge on any atom is 0.234 e. The van der Waals surface area contributed by atoms with E-state index in [1.807, 2.05) is 41.0 Å². The van der Waals surface area contributed by atoms with Crippen molar-refractivity contribution in [2.45, 2.75) is 57.5 Å². The first-order valence-electron chi connectivity index (χ1n) is 12.9. The van der Waals surface area contributed by atoms with E-state index in [9.17, 15) is 4.79 Å². The molecule has 1 aromatic heterocycles. The van der Waals surface area contributed by atoms with Gasteiger partial charge in [0, 0.05) is 16.9 Å². The van der Waals surface area contributed by atoms with Crippen LogP contribution in [-0.2, 0) is 10.2 Å². The smallest absolute Gasteiger partial charge is 0.234 e. The summed E-state index contributed by atoms with van der Waals surface area (Å²) < 4.78 is 7.33. The number of nitrogens with zero attached hydrogens (tertiary/aromatic N) is 3. The third kappa shape index (κ3) is 6.45. The molecule has 198 valence electrons. The van der Waals surface area contributed by atoms with Crippen LogP contribution in [0, 0.1) is 0 Å².